The standard InChI is InChI=1S/C14H21N3O5S/c1-9(18)16-12(20)4-3-6-17-13(21)8-10(14(17)22)23-7-5-11(19)15-2/h10H,3-8H2,1-2H3,(H,15,19)(H,16,18,20). The zero-order valence-corrected chi connectivity index (χ0v) is 14.0. The van der Waals surface area contributed by atoms with Gasteiger partial charge in [0, 0.05) is 45.5 Å². The Morgan fingerprint density at radius 2 is 1.91 bits per heavy atom. The molecule has 23 heavy (non-hydrogen) atoms. The number of nitrogens with zero attached hydrogens (tertiary/aromatic N) is 1. The summed E-state index contributed by atoms with van der Waals surface area (Å²) in [6.45, 7) is 1.40. The van der Waals surface area contributed by atoms with Gasteiger partial charge in [-0.25, -0.2) is 0 Å². The van der Waals surface area contributed by atoms with Crippen molar-refractivity contribution in [2.24, 2.45) is 0 Å². The molecule has 128 valence electrons. The van der Waals surface area contributed by atoms with Crippen LogP contribution in [-0.4, -0.2) is 59.0 Å². The van der Waals surface area contributed by atoms with E-state index in [2.05, 4.69) is 10.6 Å². The molecule has 0 spiro atoms. The van der Waals surface area contributed by atoms with Gasteiger partial charge >= 0.3 is 0 Å². The zero-order chi connectivity index (χ0) is 17.4. The molecule has 0 aromatic rings. The summed E-state index contributed by atoms with van der Waals surface area (Å²) in [6, 6.07) is 0. The van der Waals surface area contributed by atoms with E-state index in [0.717, 1.165) is 4.90 Å². The lowest BCUT2D eigenvalue weighted by atomic mass is 10.3. The van der Waals surface area contributed by atoms with Crippen LogP contribution in [0.1, 0.15) is 32.6 Å². The van der Waals surface area contributed by atoms with Crippen LogP contribution in [0.15, 0.2) is 0 Å². The van der Waals surface area contributed by atoms with Gasteiger partial charge in [-0.15, -0.1) is 11.8 Å². The fourth-order valence-electron chi connectivity index (χ4n) is 2.09. The van der Waals surface area contributed by atoms with E-state index in [1.165, 1.54) is 18.7 Å². The van der Waals surface area contributed by atoms with Gasteiger partial charge in [0.25, 0.3) is 0 Å². The van der Waals surface area contributed by atoms with Gasteiger partial charge in [-0.3, -0.25) is 34.2 Å². The first-order valence-corrected chi connectivity index (χ1v) is 8.36. The van der Waals surface area contributed by atoms with E-state index in [1.54, 1.807) is 7.05 Å². The maximum Gasteiger partial charge on any atom is 0.242 e. The van der Waals surface area contributed by atoms with Crippen LogP contribution >= 0.6 is 11.8 Å². The SMILES string of the molecule is CNC(=O)CCSC1CC(=O)N(CCCC(=O)NC(C)=O)C1=O. The van der Waals surface area contributed by atoms with Crippen LogP contribution in [-0.2, 0) is 24.0 Å². The predicted octanol–water partition coefficient (Wildman–Crippen LogP) is -0.574. The van der Waals surface area contributed by atoms with Gasteiger partial charge < -0.3 is 5.32 Å². The van der Waals surface area contributed by atoms with Crippen LogP contribution in [0.5, 0.6) is 0 Å². The van der Waals surface area contributed by atoms with Crippen LogP contribution in [0.4, 0.5) is 0 Å². The Kier molecular flexibility index (Phi) is 7.73. The van der Waals surface area contributed by atoms with Crippen molar-refractivity contribution in [2.75, 3.05) is 19.3 Å². The minimum absolute atomic E-state index is 0.0745. The molecule has 0 saturated carbocycles. The number of amides is 5. The van der Waals surface area contributed by atoms with Gasteiger partial charge in [0.05, 0.1) is 5.25 Å². The van der Waals surface area contributed by atoms with E-state index in [-0.39, 0.29) is 37.1 Å². The second-order valence-electron chi connectivity index (χ2n) is 5.08. The van der Waals surface area contributed by atoms with Crippen LogP contribution in [0.3, 0.4) is 0 Å². The number of carbonyl (C=O) groups is 5. The predicted molar refractivity (Wildman–Crippen MR) is 84.3 cm³/mol. The van der Waals surface area contributed by atoms with E-state index in [9.17, 15) is 24.0 Å². The summed E-state index contributed by atoms with van der Waals surface area (Å²) in [5.41, 5.74) is 0. The molecule has 0 aliphatic carbocycles. The number of carbonyl (C=O) groups excluding carboxylic acids is 5. The smallest absolute Gasteiger partial charge is 0.242 e. The molecular weight excluding hydrogens is 322 g/mol. The van der Waals surface area contributed by atoms with Crippen molar-refractivity contribution < 1.29 is 24.0 Å². The number of rotatable bonds is 8. The molecule has 8 nitrogen and oxygen atoms in total. The maximum absolute atomic E-state index is 12.1. The highest BCUT2D eigenvalue weighted by Crippen LogP contribution is 2.25. The van der Waals surface area contributed by atoms with Crippen molar-refractivity contribution in [3.63, 3.8) is 0 Å². The van der Waals surface area contributed by atoms with Crippen LogP contribution in [0.2, 0.25) is 0 Å². The van der Waals surface area contributed by atoms with Gasteiger partial charge in [0.15, 0.2) is 0 Å². The van der Waals surface area contributed by atoms with Crippen LogP contribution in [0.25, 0.3) is 0 Å². The largest absolute Gasteiger partial charge is 0.359 e. The highest BCUT2D eigenvalue weighted by Gasteiger charge is 2.38. The fraction of sp³-hybridized carbons (Fsp3) is 0.643. The van der Waals surface area contributed by atoms with E-state index in [0.29, 0.717) is 18.6 Å². The molecule has 0 bridgehead atoms. The molecule has 1 heterocycles. The van der Waals surface area contributed by atoms with E-state index >= 15 is 0 Å². The minimum Gasteiger partial charge on any atom is -0.359 e. The molecular formula is C14H21N3O5S. The van der Waals surface area contributed by atoms with Gasteiger partial charge in [-0.2, -0.15) is 0 Å². The molecule has 1 unspecified atom stereocenters. The lowest BCUT2D eigenvalue weighted by Gasteiger charge is -2.14. The first kappa shape index (κ1) is 19.1. The topological polar surface area (TPSA) is 113 Å². The molecule has 0 radical (unpaired) electrons. The number of imide groups is 2. The first-order chi connectivity index (χ1) is 10.8. The third-order valence-corrected chi connectivity index (χ3v) is 4.44. The molecule has 2 N–H and O–H groups in total. The van der Waals surface area contributed by atoms with Crippen molar-refractivity contribution in [2.45, 2.75) is 37.9 Å². The Bertz CT molecular complexity index is 509. The normalized spacial score (nSPS) is 17.3. The second-order valence-corrected chi connectivity index (χ2v) is 6.39. The first-order valence-electron chi connectivity index (χ1n) is 7.32. The van der Waals surface area contributed by atoms with Crippen LogP contribution < -0.4 is 10.6 Å². The van der Waals surface area contributed by atoms with Gasteiger partial charge in [0.1, 0.15) is 0 Å². The number of thioether (sulfide) groups is 1. The monoisotopic (exact) mass is 343 g/mol. The third-order valence-electron chi connectivity index (χ3n) is 3.23. The van der Waals surface area contributed by atoms with Gasteiger partial charge in [-0.05, 0) is 6.42 Å². The number of likely N-dealkylation sites (tertiary alicyclic amines) is 1. The highest BCUT2D eigenvalue weighted by atomic mass is 32.2. The fourth-order valence-corrected chi connectivity index (χ4v) is 3.21. The molecule has 1 aliphatic rings. The number of hydrogen-bond donors (Lipinski definition) is 2. The third kappa shape index (κ3) is 6.39. The van der Waals surface area contributed by atoms with Crippen molar-refractivity contribution in [1.29, 1.82) is 0 Å². The Morgan fingerprint density at radius 1 is 1.22 bits per heavy atom. The molecule has 0 aromatic carbocycles. The Balaban J connectivity index is 2.35. The lowest BCUT2D eigenvalue weighted by molar-refractivity contribution is -0.139. The van der Waals surface area contributed by atoms with Crippen molar-refractivity contribution in [3.8, 4) is 0 Å². The molecule has 1 atom stereocenters. The summed E-state index contributed by atoms with van der Waals surface area (Å²) in [5, 5.41) is 4.17. The quantitative estimate of drug-likeness (QED) is 0.571. The summed E-state index contributed by atoms with van der Waals surface area (Å²) in [7, 11) is 1.54. The molecule has 1 aliphatic heterocycles. The van der Waals surface area contributed by atoms with Crippen molar-refractivity contribution >= 4 is 41.3 Å². The molecule has 1 saturated heterocycles. The van der Waals surface area contributed by atoms with Crippen LogP contribution in [0, 0.1) is 0 Å². The summed E-state index contributed by atoms with van der Waals surface area (Å²) in [5.74, 6) is -1.03. The summed E-state index contributed by atoms with van der Waals surface area (Å²) >= 11 is 1.29. The Morgan fingerprint density at radius 3 is 2.52 bits per heavy atom. The average Bonchev–Trinajstić information content (AvgIpc) is 2.73. The van der Waals surface area contributed by atoms with Crippen molar-refractivity contribution in [1.82, 2.24) is 15.5 Å². The average molecular weight is 343 g/mol. The summed E-state index contributed by atoms with van der Waals surface area (Å²) < 4.78 is 0. The molecule has 5 amide bonds. The van der Waals surface area contributed by atoms with Gasteiger partial charge in [0.2, 0.25) is 29.5 Å². The molecule has 9 heteroatoms. The molecule has 1 rings (SSSR count). The number of hydrogen-bond acceptors (Lipinski definition) is 6. The molecule has 0 aromatic heterocycles. The van der Waals surface area contributed by atoms with E-state index in [4.69, 9.17) is 0 Å². The van der Waals surface area contributed by atoms with Crippen molar-refractivity contribution in [3.05, 3.63) is 0 Å². The Hall–Kier alpha value is -1.90. The molecule has 1 fully saturated rings. The lowest BCUT2D eigenvalue weighted by Crippen LogP contribution is -2.34. The highest BCUT2D eigenvalue weighted by molar-refractivity contribution is 8.00. The maximum atomic E-state index is 12.1. The second kappa shape index (κ2) is 9.29. The van der Waals surface area contributed by atoms with Gasteiger partial charge in [-0.1, -0.05) is 0 Å². The number of nitrogens with one attached hydrogen (secondary N) is 2. The zero-order valence-electron chi connectivity index (χ0n) is 13.2. The minimum atomic E-state index is -0.460. The van der Waals surface area contributed by atoms with E-state index < -0.39 is 17.1 Å². The van der Waals surface area contributed by atoms with E-state index in [1.807, 2.05) is 0 Å². The Labute approximate surface area is 138 Å². The summed E-state index contributed by atoms with van der Waals surface area (Å²) in [6.07, 6.45) is 0.804. The summed E-state index contributed by atoms with van der Waals surface area (Å²) in [4.78, 5) is 58.3.